The number of hydrogen-bond acceptors (Lipinski definition) is 5. The molecule has 0 spiro atoms. The zero-order valence-electron chi connectivity index (χ0n) is 12.3. The van der Waals surface area contributed by atoms with Gasteiger partial charge in [0.1, 0.15) is 5.75 Å². The van der Waals surface area contributed by atoms with Crippen LogP contribution >= 0.6 is 0 Å². The summed E-state index contributed by atoms with van der Waals surface area (Å²) >= 11 is 0. The number of hydrogen-bond donors (Lipinski definition) is 1. The molecule has 22 heavy (non-hydrogen) atoms. The summed E-state index contributed by atoms with van der Waals surface area (Å²) in [6.45, 7) is 0. The molecule has 5 nitrogen and oxygen atoms in total. The molecule has 1 heterocycles. The second-order valence-corrected chi connectivity index (χ2v) is 4.96. The molecule has 1 aliphatic rings. The maximum Gasteiger partial charge on any atom is 0.304 e. The van der Waals surface area contributed by atoms with E-state index in [1.165, 1.54) is 14.2 Å². The summed E-state index contributed by atoms with van der Waals surface area (Å²) in [6.07, 6.45) is 0. The van der Waals surface area contributed by atoms with Crippen molar-refractivity contribution >= 4 is 5.78 Å². The van der Waals surface area contributed by atoms with Crippen molar-refractivity contribution in [2.45, 2.75) is 11.6 Å². The number of fused-ring (bicyclic) bond motifs is 1. The molecule has 0 saturated heterocycles. The highest BCUT2D eigenvalue weighted by molar-refractivity contribution is 6.05. The molecule has 0 radical (unpaired) electrons. The minimum atomic E-state index is -2.29. The normalized spacial score (nSPS) is 27.1. The van der Waals surface area contributed by atoms with E-state index in [0.717, 1.165) is 0 Å². The number of ether oxygens (including phenoxy) is 3. The highest BCUT2D eigenvalue weighted by atomic mass is 16.8. The van der Waals surface area contributed by atoms with Crippen LogP contribution in [-0.4, -0.2) is 30.9 Å². The van der Waals surface area contributed by atoms with Gasteiger partial charge in [-0.1, -0.05) is 42.5 Å². The fraction of sp³-hybridized carbons (Fsp3) is 0.235. The molecule has 2 atom stereocenters. The molecular weight excluding hydrogens is 284 g/mol. The van der Waals surface area contributed by atoms with E-state index < -0.39 is 17.4 Å². The van der Waals surface area contributed by atoms with Gasteiger partial charge in [0.15, 0.2) is 0 Å². The van der Waals surface area contributed by atoms with Gasteiger partial charge in [0.05, 0.1) is 5.56 Å². The maximum absolute atomic E-state index is 12.8. The lowest BCUT2D eigenvalue weighted by Crippen LogP contribution is -2.64. The molecule has 2 aromatic carbocycles. The molecule has 0 unspecified atom stereocenters. The average Bonchev–Trinajstić information content (AvgIpc) is 2.59. The van der Waals surface area contributed by atoms with Gasteiger partial charge in [-0.25, -0.2) is 0 Å². The highest BCUT2D eigenvalue weighted by Gasteiger charge is 2.64. The third kappa shape index (κ3) is 1.80. The SMILES string of the molecule is CO[C@@]1(c2ccccc2)Oc2ccccc2C(=O)[C@]1(O)OC. The monoisotopic (exact) mass is 300 g/mol. The van der Waals surface area contributed by atoms with Crippen LogP contribution in [0.15, 0.2) is 54.6 Å². The van der Waals surface area contributed by atoms with Gasteiger partial charge < -0.3 is 19.3 Å². The quantitative estimate of drug-likeness (QED) is 0.879. The second kappa shape index (κ2) is 5.21. The number of aliphatic hydroxyl groups is 1. The van der Waals surface area contributed by atoms with Crippen LogP contribution < -0.4 is 4.74 Å². The predicted octanol–water partition coefficient (Wildman–Crippen LogP) is 2.10. The summed E-state index contributed by atoms with van der Waals surface area (Å²) in [7, 11) is 2.60. The summed E-state index contributed by atoms with van der Waals surface area (Å²) < 4.78 is 16.6. The van der Waals surface area contributed by atoms with Gasteiger partial charge in [-0.05, 0) is 12.1 Å². The molecule has 0 aromatic heterocycles. The molecule has 0 bridgehead atoms. The van der Waals surface area contributed by atoms with Crippen LogP contribution in [0, 0.1) is 0 Å². The molecule has 5 heteroatoms. The number of Topliss-reactive ketones (excluding diaryl/α,β-unsaturated/α-hetero) is 1. The van der Waals surface area contributed by atoms with Crippen molar-refractivity contribution in [1.82, 2.24) is 0 Å². The van der Waals surface area contributed by atoms with Crippen molar-refractivity contribution in [3.8, 4) is 5.75 Å². The fourth-order valence-corrected chi connectivity index (χ4v) is 2.74. The lowest BCUT2D eigenvalue weighted by atomic mass is 9.86. The smallest absolute Gasteiger partial charge is 0.304 e. The Kier molecular flexibility index (Phi) is 3.48. The number of ketones is 1. The molecule has 0 amide bonds. The van der Waals surface area contributed by atoms with E-state index in [2.05, 4.69) is 0 Å². The zero-order valence-corrected chi connectivity index (χ0v) is 12.3. The minimum Gasteiger partial charge on any atom is -0.451 e. The van der Waals surface area contributed by atoms with Crippen LogP contribution in [-0.2, 0) is 15.3 Å². The third-order valence-corrected chi connectivity index (χ3v) is 3.88. The van der Waals surface area contributed by atoms with Gasteiger partial charge in [-0.3, -0.25) is 4.79 Å². The predicted molar refractivity (Wildman–Crippen MR) is 78.5 cm³/mol. The summed E-state index contributed by atoms with van der Waals surface area (Å²) in [4.78, 5) is 12.8. The first-order chi connectivity index (χ1) is 10.6. The molecule has 1 N–H and O–H groups in total. The zero-order chi connectivity index (χ0) is 15.8. The number of benzene rings is 2. The first-order valence-corrected chi connectivity index (χ1v) is 6.80. The first-order valence-electron chi connectivity index (χ1n) is 6.80. The molecule has 0 aliphatic carbocycles. The van der Waals surface area contributed by atoms with Crippen LogP contribution in [0.2, 0.25) is 0 Å². The Labute approximate surface area is 128 Å². The Bertz CT molecular complexity index is 699. The summed E-state index contributed by atoms with van der Waals surface area (Å²) in [5.74, 6) is -4.35. The molecule has 0 fully saturated rings. The van der Waals surface area contributed by atoms with Gasteiger partial charge in [-0.15, -0.1) is 0 Å². The Morgan fingerprint density at radius 2 is 1.59 bits per heavy atom. The summed E-state index contributed by atoms with van der Waals surface area (Å²) in [5, 5.41) is 10.9. The van der Waals surface area contributed by atoms with E-state index in [-0.39, 0.29) is 5.56 Å². The van der Waals surface area contributed by atoms with E-state index in [1.54, 1.807) is 48.5 Å². The van der Waals surface area contributed by atoms with Crippen LogP contribution in [0.1, 0.15) is 15.9 Å². The Morgan fingerprint density at radius 1 is 0.955 bits per heavy atom. The Balaban J connectivity index is 2.27. The van der Waals surface area contributed by atoms with Crippen molar-refractivity contribution in [3.63, 3.8) is 0 Å². The second-order valence-electron chi connectivity index (χ2n) is 4.96. The number of carbonyl (C=O) groups is 1. The number of methoxy groups -OCH3 is 2. The first kappa shape index (κ1) is 14.7. The summed E-state index contributed by atoms with van der Waals surface area (Å²) in [6, 6.07) is 15.4. The molecule has 0 saturated carbocycles. The summed E-state index contributed by atoms with van der Waals surface area (Å²) in [5.41, 5.74) is 0.722. The van der Waals surface area contributed by atoms with Crippen LogP contribution in [0.25, 0.3) is 0 Å². The lowest BCUT2D eigenvalue weighted by molar-refractivity contribution is -0.346. The van der Waals surface area contributed by atoms with E-state index in [1.807, 2.05) is 6.07 Å². The molecule has 3 rings (SSSR count). The lowest BCUT2D eigenvalue weighted by Gasteiger charge is -2.46. The maximum atomic E-state index is 12.8. The Morgan fingerprint density at radius 3 is 2.23 bits per heavy atom. The largest absolute Gasteiger partial charge is 0.451 e. The molecular formula is C17H16O5. The third-order valence-electron chi connectivity index (χ3n) is 3.88. The highest BCUT2D eigenvalue weighted by Crippen LogP contribution is 2.46. The average molecular weight is 300 g/mol. The van der Waals surface area contributed by atoms with Crippen molar-refractivity contribution in [2.75, 3.05) is 14.2 Å². The van der Waals surface area contributed by atoms with Crippen LogP contribution in [0.5, 0.6) is 5.75 Å². The van der Waals surface area contributed by atoms with E-state index in [9.17, 15) is 9.90 Å². The van der Waals surface area contributed by atoms with Crippen molar-refractivity contribution in [3.05, 3.63) is 65.7 Å². The van der Waals surface area contributed by atoms with Gasteiger partial charge in [0.25, 0.3) is 5.79 Å². The van der Waals surface area contributed by atoms with Crippen molar-refractivity contribution in [2.24, 2.45) is 0 Å². The fourth-order valence-electron chi connectivity index (χ4n) is 2.74. The van der Waals surface area contributed by atoms with Crippen molar-refractivity contribution in [1.29, 1.82) is 0 Å². The topological polar surface area (TPSA) is 65.0 Å². The van der Waals surface area contributed by atoms with Gasteiger partial charge in [0, 0.05) is 19.8 Å². The van der Waals surface area contributed by atoms with E-state index in [4.69, 9.17) is 14.2 Å². The van der Waals surface area contributed by atoms with Gasteiger partial charge >= 0.3 is 5.79 Å². The molecule has 1 aliphatic heterocycles. The molecule has 114 valence electrons. The van der Waals surface area contributed by atoms with E-state index in [0.29, 0.717) is 11.3 Å². The number of carbonyl (C=O) groups excluding carboxylic acids is 1. The number of para-hydroxylation sites is 1. The Hall–Kier alpha value is -2.21. The minimum absolute atomic E-state index is 0.246. The van der Waals surface area contributed by atoms with Crippen LogP contribution in [0.3, 0.4) is 0 Å². The standard InChI is InChI=1S/C17H16O5/c1-20-16(19)15(18)13-10-6-7-11-14(13)22-17(16,21-2)12-8-4-3-5-9-12/h3-11,19H,1-2H3/t16-,17-/m0/s1. The van der Waals surface area contributed by atoms with Gasteiger partial charge in [0.2, 0.25) is 5.78 Å². The van der Waals surface area contributed by atoms with Crippen LogP contribution in [0.4, 0.5) is 0 Å². The van der Waals surface area contributed by atoms with E-state index >= 15 is 0 Å². The van der Waals surface area contributed by atoms with Gasteiger partial charge in [-0.2, -0.15) is 0 Å². The molecule has 2 aromatic rings. The van der Waals surface area contributed by atoms with Crippen molar-refractivity contribution < 1.29 is 24.1 Å². The number of rotatable bonds is 3.